The standard InChI is InChI=1S/C8H8N2O4/c11-6-3-4-7(12)10(9-6)5-1-2-8(13)14/h1-4H,5H2,(H,9,11)(H,13,14)/b2-1+. The normalized spacial score (nSPS) is 10.6. The van der Waals surface area contributed by atoms with E-state index in [1.54, 1.807) is 0 Å². The lowest BCUT2D eigenvalue weighted by Gasteiger charge is -1.98. The fraction of sp³-hybridized carbons (Fsp3) is 0.125. The molecule has 6 heteroatoms. The summed E-state index contributed by atoms with van der Waals surface area (Å²) >= 11 is 0. The van der Waals surface area contributed by atoms with Crippen LogP contribution in [0.4, 0.5) is 0 Å². The van der Waals surface area contributed by atoms with Crippen LogP contribution in [0.1, 0.15) is 0 Å². The molecule has 14 heavy (non-hydrogen) atoms. The summed E-state index contributed by atoms with van der Waals surface area (Å²) in [5.41, 5.74) is -0.798. The molecule has 74 valence electrons. The van der Waals surface area contributed by atoms with E-state index in [9.17, 15) is 14.4 Å². The highest BCUT2D eigenvalue weighted by Gasteiger charge is 1.93. The number of H-pyrrole nitrogens is 1. The Morgan fingerprint density at radius 2 is 2.21 bits per heavy atom. The van der Waals surface area contributed by atoms with Crippen LogP contribution in [0.15, 0.2) is 33.9 Å². The highest BCUT2D eigenvalue weighted by atomic mass is 16.4. The Morgan fingerprint density at radius 1 is 1.50 bits per heavy atom. The van der Waals surface area contributed by atoms with Crippen molar-refractivity contribution >= 4 is 5.97 Å². The third kappa shape index (κ3) is 2.74. The molecule has 1 aromatic rings. The van der Waals surface area contributed by atoms with Crippen molar-refractivity contribution in [2.45, 2.75) is 6.54 Å². The Morgan fingerprint density at radius 3 is 2.86 bits per heavy atom. The van der Waals surface area contributed by atoms with Gasteiger partial charge in [-0.1, -0.05) is 6.08 Å². The van der Waals surface area contributed by atoms with E-state index in [1.165, 1.54) is 6.08 Å². The zero-order valence-electron chi connectivity index (χ0n) is 7.14. The monoisotopic (exact) mass is 196 g/mol. The van der Waals surface area contributed by atoms with Crippen LogP contribution in [0.3, 0.4) is 0 Å². The molecule has 0 radical (unpaired) electrons. The van der Waals surface area contributed by atoms with E-state index in [1.807, 2.05) is 0 Å². The minimum Gasteiger partial charge on any atom is -0.478 e. The molecule has 1 heterocycles. The fourth-order valence-corrected chi connectivity index (χ4v) is 0.857. The van der Waals surface area contributed by atoms with Crippen LogP contribution in [0.2, 0.25) is 0 Å². The van der Waals surface area contributed by atoms with Gasteiger partial charge in [0.25, 0.3) is 11.1 Å². The highest BCUT2D eigenvalue weighted by Crippen LogP contribution is 1.77. The molecule has 0 fully saturated rings. The molecule has 6 nitrogen and oxygen atoms in total. The molecule has 0 spiro atoms. The van der Waals surface area contributed by atoms with Crippen molar-refractivity contribution in [3.8, 4) is 0 Å². The van der Waals surface area contributed by atoms with Crippen molar-refractivity contribution in [2.24, 2.45) is 0 Å². The number of aliphatic carboxylic acids is 1. The molecule has 0 amide bonds. The Kier molecular flexibility index (Phi) is 3.01. The first-order valence-electron chi connectivity index (χ1n) is 3.79. The lowest BCUT2D eigenvalue weighted by molar-refractivity contribution is -0.131. The summed E-state index contributed by atoms with van der Waals surface area (Å²) in [4.78, 5) is 31.9. The van der Waals surface area contributed by atoms with Gasteiger partial charge in [-0.3, -0.25) is 14.7 Å². The van der Waals surface area contributed by atoms with Gasteiger partial charge in [-0.05, 0) is 0 Å². The van der Waals surface area contributed by atoms with E-state index in [0.717, 1.165) is 22.9 Å². The summed E-state index contributed by atoms with van der Waals surface area (Å²) in [6.45, 7) is 0.0290. The van der Waals surface area contributed by atoms with Crippen molar-refractivity contribution in [2.75, 3.05) is 0 Å². The number of nitrogens with zero attached hydrogens (tertiary/aromatic N) is 1. The summed E-state index contributed by atoms with van der Waals surface area (Å²) in [5, 5.41) is 10.5. The lowest BCUT2D eigenvalue weighted by atomic mass is 10.5. The van der Waals surface area contributed by atoms with E-state index in [-0.39, 0.29) is 12.1 Å². The number of carbonyl (C=O) groups is 1. The van der Waals surface area contributed by atoms with Crippen LogP contribution in [-0.2, 0) is 11.3 Å². The molecule has 2 N–H and O–H groups in total. The molecule has 0 saturated carbocycles. The van der Waals surface area contributed by atoms with Crippen molar-refractivity contribution in [1.82, 2.24) is 9.78 Å². The summed E-state index contributed by atoms with van der Waals surface area (Å²) in [7, 11) is 0. The van der Waals surface area contributed by atoms with Crippen LogP contribution in [0.5, 0.6) is 0 Å². The van der Waals surface area contributed by atoms with Gasteiger partial charge >= 0.3 is 5.97 Å². The van der Waals surface area contributed by atoms with Crippen LogP contribution in [0, 0.1) is 0 Å². The molecule has 0 bridgehead atoms. The first kappa shape index (κ1) is 9.97. The van der Waals surface area contributed by atoms with Gasteiger partial charge in [0.2, 0.25) is 0 Å². The second kappa shape index (κ2) is 4.22. The molecule has 0 aromatic carbocycles. The zero-order valence-corrected chi connectivity index (χ0v) is 7.14. The summed E-state index contributed by atoms with van der Waals surface area (Å²) in [6, 6.07) is 2.23. The number of carboxylic acids is 1. The number of nitrogens with one attached hydrogen (secondary N) is 1. The largest absolute Gasteiger partial charge is 0.478 e. The van der Waals surface area contributed by atoms with Gasteiger partial charge in [0.05, 0.1) is 6.54 Å². The topological polar surface area (TPSA) is 92.2 Å². The van der Waals surface area contributed by atoms with E-state index in [0.29, 0.717) is 0 Å². The molecule has 0 saturated heterocycles. The molecule has 0 unspecified atom stereocenters. The maximum atomic E-state index is 11.1. The Balaban J connectivity index is 2.87. The van der Waals surface area contributed by atoms with Gasteiger partial charge in [-0.15, -0.1) is 0 Å². The number of aromatic amines is 1. The minimum atomic E-state index is -1.10. The van der Waals surface area contributed by atoms with E-state index < -0.39 is 11.5 Å². The maximum Gasteiger partial charge on any atom is 0.328 e. The lowest BCUT2D eigenvalue weighted by Crippen LogP contribution is -2.27. The van der Waals surface area contributed by atoms with Crippen molar-refractivity contribution in [3.05, 3.63) is 45.0 Å². The summed E-state index contributed by atoms with van der Waals surface area (Å²) in [5.74, 6) is -1.10. The maximum absolute atomic E-state index is 11.1. The zero-order chi connectivity index (χ0) is 10.6. The van der Waals surface area contributed by atoms with Crippen molar-refractivity contribution < 1.29 is 9.90 Å². The Labute approximate surface area is 78.1 Å². The predicted octanol–water partition coefficient (Wildman–Crippen LogP) is -0.823. The molecule has 0 atom stereocenters. The predicted molar refractivity (Wildman–Crippen MR) is 48.1 cm³/mol. The first-order chi connectivity index (χ1) is 6.59. The summed E-state index contributed by atoms with van der Waals surface area (Å²) in [6.07, 6.45) is 2.16. The third-order valence-corrected chi connectivity index (χ3v) is 1.44. The van der Waals surface area contributed by atoms with Crippen LogP contribution in [0.25, 0.3) is 0 Å². The van der Waals surface area contributed by atoms with Crippen LogP contribution >= 0.6 is 0 Å². The fourth-order valence-electron chi connectivity index (χ4n) is 0.857. The molecule has 1 rings (SSSR count). The number of hydrogen-bond donors (Lipinski definition) is 2. The highest BCUT2D eigenvalue weighted by molar-refractivity contribution is 5.79. The van der Waals surface area contributed by atoms with Crippen LogP contribution < -0.4 is 11.1 Å². The number of aromatic nitrogens is 2. The van der Waals surface area contributed by atoms with Crippen molar-refractivity contribution in [3.63, 3.8) is 0 Å². The number of hydrogen-bond acceptors (Lipinski definition) is 3. The third-order valence-electron chi connectivity index (χ3n) is 1.44. The van der Waals surface area contributed by atoms with Gasteiger partial charge in [-0.25, -0.2) is 9.48 Å². The molecule has 0 aliphatic carbocycles. The number of allylic oxidation sites excluding steroid dienone is 1. The molecule has 1 aromatic heterocycles. The second-order valence-corrected chi connectivity index (χ2v) is 2.50. The molecule has 0 aliphatic heterocycles. The van der Waals surface area contributed by atoms with Gasteiger partial charge in [-0.2, -0.15) is 0 Å². The minimum absolute atomic E-state index is 0.0290. The average Bonchev–Trinajstić information content (AvgIpc) is 2.10. The molecule has 0 aliphatic rings. The SMILES string of the molecule is O=C(O)/C=C/Cn1[nH]c(=O)ccc1=O. The smallest absolute Gasteiger partial charge is 0.328 e. The Hall–Kier alpha value is -2.11. The first-order valence-corrected chi connectivity index (χ1v) is 3.79. The van der Waals surface area contributed by atoms with E-state index in [2.05, 4.69) is 5.10 Å². The molecular weight excluding hydrogens is 188 g/mol. The van der Waals surface area contributed by atoms with E-state index >= 15 is 0 Å². The van der Waals surface area contributed by atoms with Crippen molar-refractivity contribution in [1.29, 1.82) is 0 Å². The Bertz CT molecular complexity index is 469. The number of rotatable bonds is 3. The summed E-state index contributed by atoms with van der Waals surface area (Å²) < 4.78 is 1.02. The van der Waals surface area contributed by atoms with Gasteiger partial charge in [0.15, 0.2) is 0 Å². The van der Waals surface area contributed by atoms with Crippen LogP contribution in [-0.4, -0.2) is 20.9 Å². The van der Waals surface area contributed by atoms with Gasteiger partial charge in [0.1, 0.15) is 0 Å². The van der Waals surface area contributed by atoms with Gasteiger partial charge in [0, 0.05) is 18.2 Å². The second-order valence-electron chi connectivity index (χ2n) is 2.50. The van der Waals surface area contributed by atoms with Gasteiger partial charge < -0.3 is 5.11 Å². The quantitative estimate of drug-likeness (QED) is 0.617. The average molecular weight is 196 g/mol. The van der Waals surface area contributed by atoms with E-state index in [4.69, 9.17) is 5.11 Å². The number of carboxylic acid groups (broad SMARTS) is 1. The molecular formula is C8H8N2O4.